The molecule has 0 aliphatic rings. The van der Waals surface area contributed by atoms with E-state index in [0.717, 1.165) is 21.7 Å². The van der Waals surface area contributed by atoms with Crippen LogP contribution in [0.4, 0.5) is 5.69 Å². The molecule has 0 unspecified atom stereocenters. The molecule has 8 nitrogen and oxygen atoms in total. The molecule has 10 heteroatoms. The second kappa shape index (κ2) is 13.4. The summed E-state index contributed by atoms with van der Waals surface area (Å²) in [6, 6.07) is 20.6. The molecule has 0 aromatic heterocycles. The molecule has 0 heterocycles. The average molecular weight is 600 g/mol. The van der Waals surface area contributed by atoms with Crippen molar-refractivity contribution in [1.29, 1.82) is 0 Å². The third-order valence-corrected chi connectivity index (χ3v) is 7.98. The summed E-state index contributed by atoms with van der Waals surface area (Å²) in [5, 5.41) is 3.39. The smallest absolute Gasteiger partial charge is 0.244 e. The van der Waals surface area contributed by atoms with E-state index < -0.39 is 34.1 Å². The first-order valence-electron chi connectivity index (χ1n) is 13.2. The molecular formula is C31H38ClN3O5S. The fourth-order valence-electron chi connectivity index (χ4n) is 4.44. The maximum absolute atomic E-state index is 14.2. The van der Waals surface area contributed by atoms with Crippen LogP contribution in [0.5, 0.6) is 5.75 Å². The van der Waals surface area contributed by atoms with Crippen LogP contribution < -0.4 is 14.4 Å². The number of hydrogen-bond acceptors (Lipinski definition) is 5. The maximum atomic E-state index is 14.2. The number of carbonyl (C=O) groups is 2. The second-order valence-electron chi connectivity index (χ2n) is 11.0. The number of carbonyl (C=O) groups excluding carboxylic acids is 2. The summed E-state index contributed by atoms with van der Waals surface area (Å²) in [6.07, 6.45) is 1.27. The van der Waals surface area contributed by atoms with E-state index in [2.05, 4.69) is 5.32 Å². The van der Waals surface area contributed by atoms with Crippen molar-refractivity contribution in [3.8, 4) is 5.75 Å². The van der Waals surface area contributed by atoms with E-state index in [1.165, 1.54) is 4.90 Å². The van der Waals surface area contributed by atoms with Gasteiger partial charge in [-0.25, -0.2) is 8.42 Å². The first-order valence-corrected chi connectivity index (χ1v) is 15.4. The van der Waals surface area contributed by atoms with Gasteiger partial charge in [-0.2, -0.15) is 0 Å². The number of sulfonamides is 1. The first kappa shape index (κ1) is 32.0. The van der Waals surface area contributed by atoms with Crippen molar-refractivity contribution in [2.75, 3.05) is 24.2 Å². The van der Waals surface area contributed by atoms with Crippen LogP contribution in [0.1, 0.15) is 37.5 Å². The number of amides is 2. The van der Waals surface area contributed by atoms with Gasteiger partial charge in [0.15, 0.2) is 0 Å². The molecule has 0 saturated carbocycles. The Morgan fingerprint density at radius 3 is 2.22 bits per heavy atom. The number of rotatable bonds is 11. The third kappa shape index (κ3) is 8.96. The summed E-state index contributed by atoms with van der Waals surface area (Å²) in [5.74, 6) is -0.286. The highest BCUT2D eigenvalue weighted by molar-refractivity contribution is 7.92. The number of methoxy groups -OCH3 is 1. The molecule has 0 spiro atoms. The molecule has 3 aromatic carbocycles. The summed E-state index contributed by atoms with van der Waals surface area (Å²) in [7, 11) is -2.35. The summed E-state index contributed by atoms with van der Waals surface area (Å²) in [4.78, 5) is 29.4. The lowest BCUT2D eigenvalue weighted by atomic mass is 10.0. The fraction of sp³-hybridized carbons (Fsp3) is 0.355. The Kier molecular flexibility index (Phi) is 10.4. The van der Waals surface area contributed by atoms with Crippen LogP contribution in [0, 0.1) is 6.92 Å². The van der Waals surface area contributed by atoms with E-state index in [0.29, 0.717) is 22.0 Å². The summed E-state index contributed by atoms with van der Waals surface area (Å²) in [6.45, 7) is 6.84. The molecule has 1 N–H and O–H groups in total. The van der Waals surface area contributed by atoms with Gasteiger partial charge in [0.25, 0.3) is 0 Å². The van der Waals surface area contributed by atoms with Gasteiger partial charge in [-0.05, 0) is 68.7 Å². The van der Waals surface area contributed by atoms with Gasteiger partial charge in [-0.3, -0.25) is 13.9 Å². The number of benzene rings is 3. The highest BCUT2D eigenvalue weighted by Gasteiger charge is 2.34. The molecule has 0 bridgehead atoms. The van der Waals surface area contributed by atoms with E-state index in [1.807, 2.05) is 57.2 Å². The minimum atomic E-state index is -3.90. The van der Waals surface area contributed by atoms with E-state index in [9.17, 15) is 18.0 Å². The van der Waals surface area contributed by atoms with Crippen molar-refractivity contribution in [3.05, 3.63) is 94.5 Å². The molecule has 220 valence electrons. The highest BCUT2D eigenvalue weighted by Crippen LogP contribution is 2.29. The minimum absolute atomic E-state index is 0.0528. The highest BCUT2D eigenvalue weighted by atomic mass is 35.5. The fourth-order valence-corrected chi connectivity index (χ4v) is 5.50. The number of hydrogen-bond donors (Lipinski definition) is 1. The SMILES string of the molecule is COc1cccc(CN(C(=O)CN(c2cccc(Cl)c2C)S(C)(=O)=O)[C@@H](Cc2ccccc2)C(=O)NC(C)(C)C)c1. The first-order chi connectivity index (χ1) is 19.2. The number of nitrogens with one attached hydrogen (secondary N) is 1. The largest absolute Gasteiger partial charge is 0.497 e. The lowest BCUT2D eigenvalue weighted by molar-refractivity contribution is -0.140. The molecule has 0 radical (unpaired) electrons. The molecule has 0 fully saturated rings. The topological polar surface area (TPSA) is 96.0 Å². The third-order valence-electron chi connectivity index (χ3n) is 6.44. The van der Waals surface area contributed by atoms with Gasteiger partial charge in [-0.15, -0.1) is 0 Å². The second-order valence-corrected chi connectivity index (χ2v) is 13.3. The number of ether oxygens (including phenoxy) is 1. The van der Waals surface area contributed by atoms with Gasteiger partial charge < -0.3 is 15.0 Å². The van der Waals surface area contributed by atoms with Crippen LogP contribution in [-0.2, 0) is 32.6 Å². The van der Waals surface area contributed by atoms with E-state index in [-0.39, 0.29) is 18.9 Å². The zero-order valence-electron chi connectivity index (χ0n) is 24.3. The van der Waals surface area contributed by atoms with E-state index in [1.54, 1.807) is 50.4 Å². The zero-order valence-corrected chi connectivity index (χ0v) is 25.9. The average Bonchev–Trinajstić information content (AvgIpc) is 2.90. The Balaban J connectivity index is 2.12. The quantitative estimate of drug-likeness (QED) is 0.335. The maximum Gasteiger partial charge on any atom is 0.244 e. The molecule has 0 aliphatic heterocycles. The number of halogens is 1. The van der Waals surface area contributed by atoms with Crippen molar-refractivity contribution >= 4 is 39.1 Å². The molecule has 0 saturated heterocycles. The van der Waals surface area contributed by atoms with Crippen LogP contribution in [-0.4, -0.2) is 56.6 Å². The van der Waals surface area contributed by atoms with Crippen molar-refractivity contribution in [2.45, 2.75) is 52.2 Å². The molecule has 2 amide bonds. The van der Waals surface area contributed by atoms with Gasteiger partial charge in [0, 0.05) is 23.5 Å². The molecular weight excluding hydrogens is 562 g/mol. The Morgan fingerprint density at radius 2 is 1.61 bits per heavy atom. The van der Waals surface area contributed by atoms with Gasteiger partial charge in [0.2, 0.25) is 21.8 Å². The summed E-state index contributed by atoms with van der Waals surface area (Å²) < 4.78 is 32.4. The van der Waals surface area contributed by atoms with Crippen LogP contribution >= 0.6 is 11.6 Å². The normalized spacial score (nSPS) is 12.4. The molecule has 1 atom stereocenters. The molecule has 3 rings (SSSR count). The molecule has 0 aliphatic carbocycles. The van der Waals surface area contributed by atoms with Gasteiger partial charge in [0.05, 0.1) is 19.1 Å². The Hall–Kier alpha value is -3.56. The molecule has 41 heavy (non-hydrogen) atoms. The lowest BCUT2D eigenvalue weighted by Gasteiger charge is -2.35. The van der Waals surface area contributed by atoms with Crippen LogP contribution in [0.25, 0.3) is 0 Å². The zero-order chi connectivity index (χ0) is 30.4. The van der Waals surface area contributed by atoms with E-state index in [4.69, 9.17) is 16.3 Å². The summed E-state index contributed by atoms with van der Waals surface area (Å²) >= 11 is 6.31. The predicted octanol–water partition coefficient (Wildman–Crippen LogP) is 4.98. The molecule has 3 aromatic rings. The van der Waals surface area contributed by atoms with Crippen molar-refractivity contribution in [2.24, 2.45) is 0 Å². The van der Waals surface area contributed by atoms with Crippen LogP contribution in [0.15, 0.2) is 72.8 Å². The van der Waals surface area contributed by atoms with Gasteiger partial charge in [-0.1, -0.05) is 60.1 Å². The summed E-state index contributed by atoms with van der Waals surface area (Å²) in [5.41, 5.74) is 1.85. The van der Waals surface area contributed by atoms with Crippen LogP contribution in [0.2, 0.25) is 5.02 Å². The minimum Gasteiger partial charge on any atom is -0.497 e. The monoisotopic (exact) mass is 599 g/mol. The standard InChI is InChI=1S/C31H38ClN3O5S/c1-22-26(32)16-11-17-27(22)35(41(6,38)39)21-29(36)34(20-24-14-10-15-25(18-24)40-5)28(30(37)33-31(2,3)4)19-23-12-8-7-9-13-23/h7-18,28H,19-21H2,1-6H3,(H,33,37)/t28-/m0/s1. The van der Waals surface area contributed by atoms with Crippen molar-refractivity contribution < 1.29 is 22.7 Å². The van der Waals surface area contributed by atoms with Crippen molar-refractivity contribution in [3.63, 3.8) is 0 Å². The number of anilines is 1. The Labute approximate surface area is 248 Å². The van der Waals surface area contributed by atoms with Crippen molar-refractivity contribution in [1.82, 2.24) is 10.2 Å². The number of nitrogens with zero attached hydrogens (tertiary/aromatic N) is 2. The lowest BCUT2D eigenvalue weighted by Crippen LogP contribution is -2.56. The van der Waals surface area contributed by atoms with Gasteiger partial charge >= 0.3 is 0 Å². The predicted molar refractivity (Wildman–Crippen MR) is 164 cm³/mol. The Morgan fingerprint density at radius 1 is 0.976 bits per heavy atom. The van der Waals surface area contributed by atoms with Gasteiger partial charge in [0.1, 0.15) is 18.3 Å². The van der Waals surface area contributed by atoms with E-state index >= 15 is 0 Å². The Bertz CT molecular complexity index is 1470. The van der Waals surface area contributed by atoms with Crippen LogP contribution in [0.3, 0.4) is 0 Å².